The minimum absolute atomic E-state index is 0.0289. The van der Waals surface area contributed by atoms with Gasteiger partial charge in [-0.05, 0) is 60.2 Å². The molecular weight excluding hydrogens is 364 g/mol. The summed E-state index contributed by atoms with van der Waals surface area (Å²) in [4.78, 5) is 62.1. The second-order valence-corrected chi connectivity index (χ2v) is 10.4. The fraction of sp³-hybridized carbons (Fsp3) is 0.762. The first-order valence-electron chi connectivity index (χ1n) is 10.4. The molecule has 2 heterocycles. The van der Waals surface area contributed by atoms with E-state index in [4.69, 9.17) is 9.47 Å². The second kappa shape index (κ2) is 4.41. The minimum Gasteiger partial charge on any atom is -0.393 e. The van der Waals surface area contributed by atoms with Crippen LogP contribution in [0.1, 0.15) is 38.5 Å². The summed E-state index contributed by atoms with van der Waals surface area (Å²) in [6, 6.07) is 0. The third-order valence-corrected chi connectivity index (χ3v) is 9.95. The zero-order valence-electron chi connectivity index (χ0n) is 15.2. The van der Waals surface area contributed by atoms with Crippen LogP contribution < -0.4 is 0 Å². The fourth-order valence-electron chi connectivity index (χ4n) is 9.56. The average Bonchev–Trinajstić information content (AvgIpc) is 3.41. The second-order valence-electron chi connectivity index (χ2n) is 10.4. The normalized spacial score (nSPS) is 57.6. The van der Waals surface area contributed by atoms with E-state index in [0.717, 1.165) is 25.7 Å². The Labute approximate surface area is 160 Å². The Hall–Kier alpha value is -2.05. The van der Waals surface area contributed by atoms with E-state index >= 15 is 0 Å². The number of carbonyl (C=O) groups is 5. The molecule has 0 aromatic carbocycles. The van der Waals surface area contributed by atoms with Crippen LogP contribution in [-0.4, -0.2) is 29.7 Å². The lowest BCUT2D eigenvalue weighted by molar-refractivity contribution is -0.157. The molecule has 0 radical (unpaired) electrons. The van der Waals surface area contributed by atoms with Crippen molar-refractivity contribution in [1.29, 1.82) is 0 Å². The lowest BCUT2D eigenvalue weighted by Gasteiger charge is -2.53. The van der Waals surface area contributed by atoms with Crippen molar-refractivity contribution >= 4 is 29.7 Å². The lowest BCUT2D eigenvalue weighted by atomic mass is 9.48. The summed E-state index contributed by atoms with van der Waals surface area (Å²) in [7, 11) is 0. The van der Waals surface area contributed by atoms with E-state index in [-0.39, 0.29) is 52.1 Å². The monoisotopic (exact) mass is 384 g/mol. The molecule has 10 atom stereocenters. The Morgan fingerprint density at radius 2 is 1.00 bits per heavy atom. The number of Topliss-reactive ketones (excluding diaryl/α,β-unsaturated/α-hetero) is 1. The molecule has 5 aliphatic carbocycles. The highest BCUT2D eigenvalue weighted by atomic mass is 16.6. The van der Waals surface area contributed by atoms with Gasteiger partial charge in [-0.15, -0.1) is 0 Å². The van der Waals surface area contributed by atoms with E-state index in [1.807, 2.05) is 0 Å². The van der Waals surface area contributed by atoms with Gasteiger partial charge >= 0.3 is 23.9 Å². The predicted molar refractivity (Wildman–Crippen MR) is 87.7 cm³/mol. The number of esters is 4. The van der Waals surface area contributed by atoms with Crippen LogP contribution in [0, 0.1) is 58.2 Å². The van der Waals surface area contributed by atoms with Gasteiger partial charge in [0.1, 0.15) is 5.78 Å². The largest absolute Gasteiger partial charge is 0.393 e. The molecule has 0 aromatic rings. The molecule has 2 saturated heterocycles. The van der Waals surface area contributed by atoms with E-state index < -0.39 is 35.7 Å². The molecule has 7 fully saturated rings. The molecule has 7 nitrogen and oxygen atoms in total. The minimum atomic E-state index is -0.430. The number of rotatable bonds is 0. The fourth-order valence-corrected chi connectivity index (χ4v) is 9.56. The van der Waals surface area contributed by atoms with E-state index in [1.165, 1.54) is 0 Å². The molecule has 0 aromatic heterocycles. The highest BCUT2D eigenvalue weighted by Crippen LogP contribution is 2.81. The van der Waals surface area contributed by atoms with Gasteiger partial charge in [0.2, 0.25) is 0 Å². The van der Waals surface area contributed by atoms with Crippen molar-refractivity contribution in [3.63, 3.8) is 0 Å². The molecule has 0 N–H and O–H groups in total. The maximum atomic E-state index is 12.8. The van der Waals surface area contributed by atoms with Crippen molar-refractivity contribution in [1.82, 2.24) is 0 Å². The van der Waals surface area contributed by atoms with Crippen molar-refractivity contribution in [2.45, 2.75) is 38.5 Å². The smallest absolute Gasteiger partial charge is 0.317 e. The zero-order valence-corrected chi connectivity index (χ0v) is 15.2. The van der Waals surface area contributed by atoms with Crippen LogP contribution in [0.2, 0.25) is 0 Å². The number of ketones is 1. The standard InChI is InChI=1S/C21H20O7/c22-9-5-20(3-7-1-10(20)14-12(7)16(23)27-18(14)25)21(6-9)4-8-2-11(21)15-13(8)17(24)28-19(15)26/h7-8,10-15H,1-6H2. The Morgan fingerprint density at radius 1 is 0.607 bits per heavy atom. The number of hydrogen-bond donors (Lipinski definition) is 0. The Kier molecular flexibility index (Phi) is 2.49. The molecular formula is C21H20O7. The third kappa shape index (κ3) is 1.40. The van der Waals surface area contributed by atoms with Gasteiger partial charge in [0.25, 0.3) is 0 Å². The molecule has 10 unspecified atom stereocenters. The van der Waals surface area contributed by atoms with Gasteiger partial charge < -0.3 is 9.47 Å². The molecule has 0 amide bonds. The van der Waals surface area contributed by atoms with E-state index in [2.05, 4.69) is 0 Å². The van der Waals surface area contributed by atoms with Crippen LogP contribution >= 0.6 is 0 Å². The number of ether oxygens (including phenoxy) is 2. The first-order chi connectivity index (χ1) is 13.4. The van der Waals surface area contributed by atoms with Gasteiger partial charge in [-0.3, -0.25) is 24.0 Å². The van der Waals surface area contributed by atoms with Crippen molar-refractivity contribution < 1.29 is 33.4 Å². The molecule has 146 valence electrons. The third-order valence-electron chi connectivity index (χ3n) is 9.95. The molecule has 2 spiro atoms. The number of hydrogen-bond acceptors (Lipinski definition) is 7. The molecule has 4 bridgehead atoms. The van der Waals surface area contributed by atoms with E-state index in [9.17, 15) is 24.0 Å². The summed E-state index contributed by atoms with van der Waals surface area (Å²) < 4.78 is 9.94. The molecule has 2 aliphatic heterocycles. The van der Waals surface area contributed by atoms with Gasteiger partial charge in [-0.2, -0.15) is 0 Å². The SMILES string of the molecule is O=C1CC2(CC3CC2C2C(=O)OC(=O)C32)C2(C1)CC1CC2C2C(=O)OC(=O)C12. The summed E-state index contributed by atoms with van der Waals surface area (Å²) in [5.41, 5.74) is -0.675. The van der Waals surface area contributed by atoms with E-state index in [1.54, 1.807) is 0 Å². The van der Waals surface area contributed by atoms with Crippen LogP contribution in [-0.2, 0) is 33.4 Å². The van der Waals surface area contributed by atoms with Crippen molar-refractivity contribution in [2.75, 3.05) is 0 Å². The summed E-state index contributed by atoms with van der Waals surface area (Å²) in [6.07, 6.45) is 3.97. The molecule has 5 saturated carbocycles. The van der Waals surface area contributed by atoms with Crippen molar-refractivity contribution in [2.24, 2.45) is 58.2 Å². The van der Waals surface area contributed by atoms with Gasteiger partial charge in [0.15, 0.2) is 0 Å². The topological polar surface area (TPSA) is 104 Å². The van der Waals surface area contributed by atoms with Gasteiger partial charge in [0, 0.05) is 12.8 Å². The Morgan fingerprint density at radius 3 is 1.43 bits per heavy atom. The highest BCUT2D eigenvalue weighted by Gasteiger charge is 2.80. The average molecular weight is 384 g/mol. The summed E-state index contributed by atoms with van der Waals surface area (Å²) in [5, 5.41) is 0. The molecule has 7 rings (SSSR count). The van der Waals surface area contributed by atoms with Crippen LogP contribution in [0.3, 0.4) is 0 Å². The van der Waals surface area contributed by atoms with Crippen LogP contribution in [0.15, 0.2) is 0 Å². The Balaban J connectivity index is 1.36. The van der Waals surface area contributed by atoms with Crippen LogP contribution in [0.4, 0.5) is 0 Å². The molecule has 7 aliphatic rings. The zero-order chi connectivity index (χ0) is 19.2. The maximum Gasteiger partial charge on any atom is 0.317 e. The summed E-state index contributed by atoms with van der Waals surface area (Å²) >= 11 is 0. The Bertz CT molecular complexity index is 850. The van der Waals surface area contributed by atoms with Gasteiger partial charge in [-0.25, -0.2) is 0 Å². The van der Waals surface area contributed by atoms with Crippen LogP contribution in [0.5, 0.6) is 0 Å². The van der Waals surface area contributed by atoms with Gasteiger partial charge in [-0.1, -0.05) is 0 Å². The summed E-state index contributed by atoms with van der Waals surface area (Å²) in [6.45, 7) is 0. The first-order valence-corrected chi connectivity index (χ1v) is 10.4. The highest BCUT2D eigenvalue weighted by molar-refractivity contribution is 5.99. The predicted octanol–water partition coefficient (Wildman–Crippen LogP) is 1.03. The number of cyclic esters (lactones) is 4. The lowest BCUT2D eigenvalue weighted by Crippen LogP contribution is -2.52. The molecule has 28 heavy (non-hydrogen) atoms. The van der Waals surface area contributed by atoms with Crippen molar-refractivity contribution in [3.8, 4) is 0 Å². The first kappa shape index (κ1) is 15.8. The number of fused-ring (bicyclic) bond motifs is 13. The maximum absolute atomic E-state index is 12.8. The van der Waals surface area contributed by atoms with Gasteiger partial charge in [0.05, 0.1) is 23.7 Å². The molecule has 7 heteroatoms. The number of carbonyl (C=O) groups excluding carboxylic acids is 5. The van der Waals surface area contributed by atoms with E-state index in [0.29, 0.717) is 12.8 Å². The quantitative estimate of drug-likeness (QED) is 0.454. The van der Waals surface area contributed by atoms with Crippen LogP contribution in [0.25, 0.3) is 0 Å². The summed E-state index contributed by atoms with van der Waals surface area (Å²) in [5.74, 6) is -2.88. The van der Waals surface area contributed by atoms with Crippen molar-refractivity contribution in [3.05, 3.63) is 0 Å².